The standard InChI is InChI=1S/C13H11F3N4S/c14-13(15,16)9-2-3-11-10(8-9)19-12(21-11)17-5-7-20-6-1-4-18-20/h1-4,6,8H,5,7H2,(H,17,19). The second-order valence-corrected chi connectivity index (χ2v) is 5.43. The molecule has 0 saturated carbocycles. The maximum atomic E-state index is 12.6. The minimum atomic E-state index is -4.34. The summed E-state index contributed by atoms with van der Waals surface area (Å²) in [5.41, 5.74) is -0.320. The Bertz CT molecular complexity index is 734. The largest absolute Gasteiger partial charge is 0.416 e. The van der Waals surface area contributed by atoms with Crippen molar-refractivity contribution in [1.82, 2.24) is 14.8 Å². The molecule has 0 aliphatic carbocycles. The van der Waals surface area contributed by atoms with Crippen LogP contribution in [-0.4, -0.2) is 21.3 Å². The number of hydrogen-bond acceptors (Lipinski definition) is 4. The van der Waals surface area contributed by atoms with Crippen LogP contribution in [0.25, 0.3) is 10.2 Å². The maximum Gasteiger partial charge on any atom is 0.416 e. The molecule has 0 bridgehead atoms. The van der Waals surface area contributed by atoms with E-state index in [0.29, 0.717) is 23.7 Å². The number of anilines is 1. The highest BCUT2D eigenvalue weighted by atomic mass is 32.1. The number of hydrogen-bond donors (Lipinski definition) is 1. The Kier molecular flexibility index (Phi) is 3.54. The lowest BCUT2D eigenvalue weighted by Crippen LogP contribution is -2.10. The number of rotatable bonds is 4. The summed E-state index contributed by atoms with van der Waals surface area (Å²) < 4.78 is 40.4. The molecule has 110 valence electrons. The van der Waals surface area contributed by atoms with Crippen molar-refractivity contribution in [1.29, 1.82) is 0 Å². The molecule has 0 unspecified atom stereocenters. The first-order valence-corrected chi connectivity index (χ1v) is 7.03. The molecule has 0 saturated heterocycles. The molecule has 21 heavy (non-hydrogen) atoms. The highest BCUT2D eigenvalue weighted by Crippen LogP contribution is 2.33. The van der Waals surface area contributed by atoms with E-state index in [9.17, 15) is 13.2 Å². The molecule has 0 atom stereocenters. The molecule has 8 heteroatoms. The molecule has 3 aromatic rings. The van der Waals surface area contributed by atoms with Crippen LogP contribution < -0.4 is 5.32 Å². The van der Waals surface area contributed by atoms with E-state index in [4.69, 9.17) is 0 Å². The van der Waals surface area contributed by atoms with Crippen LogP contribution in [0.3, 0.4) is 0 Å². The van der Waals surface area contributed by atoms with Crippen LogP contribution >= 0.6 is 11.3 Å². The molecule has 4 nitrogen and oxygen atoms in total. The van der Waals surface area contributed by atoms with Crippen molar-refractivity contribution in [3.8, 4) is 0 Å². The summed E-state index contributed by atoms with van der Waals surface area (Å²) in [6, 6.07) is 5.43. The minimum absolute atomic E-state index is 0.358. The van der Waals surface area contributed by atoms with E-state index in [1.165, 1.54) is 17.4 Å². The van der Waals surface area contributed by atoms with E-state index in [1.807, 2.05) is 12.3 Å². The van der Waals surface area contributed by atoms with E-state index in [0.717, 1.165) is 16.8 Å². The lowest BCUT2D eigenvalue weighted by Gasteiger charge is -2.04. The summed E-state index contributed by atoms with van der Waals surface area (Å²) in [7, 11) is 0. The van der Waals surface area contributed by atoms with E-state index >= 15 is 0 Å². The summed E-state index contributed by atoms with van der Waals surface area (Å²) in [6.07, 6.45) is -0.808. The van der Waals surface area contributed by atoms with Crippen LogP contribution in [0.15, 0.2) is 36.7 Å². The van der Waals surface area contributed by atoms with Gasteiger partial charge < -0.3 is 5.32 Å². The van der Waals surface area contributed by atoms with Gasteiger partial charge >= 0.3 is 6.18 Å². The molecule has 0 aliphatic rings. The fourth-order valence-corrected chi connectivity index (χ4v) is 2.76. The van der Waals surface area contributed by atoms with Crippen molar-refractivity contribution < 1.29 is 13.2 Å². The molecule has 2 heterocycles. The first kappa shape index (κ1) is 13.9. The number of nitrogens with one attached hydrogen (secondary N) is 1. The Morgan fingerprint density at radius 1 is 1.29 bits per heavy atom. The number of aromatic nitrogens is 3. The summed E-state index contributed by atoms with van der Waals surface area (Å²) in [4.78, 5) is 4.18. The molecular weight excluding hydrogens is 301 g/mol. The van der Waals surface area contributed by atoms with Gasteiger partial charge in [0.2, 0.25) is 0 Å². The molecule has 0 fully saturated rings. The Balaban J connectivity index is 1.72. The first-order chi connectivity index (χ1) is 10.0. The van der Waals surface area contributed by atoms with Crippen molar-refractivity contribution in [3.63, 3.8) is 0 Å². The van der Waals surface area contributed by atoms with Gasteiger partial charge in [0.25, 0.3) is 0 Å². The van der Waals surface area contributed by atoms with Crippen molar-refractivity contribution in [2.75, 3.05) is 11.9 Å². The number of thiazole rings is 1. The fraction of sp³-hybridized carbons (Fsp3) is 0.231. The minimum Gasteiger partial charge on any atom is -0.360 e. The zero-order chi connectivity index (χ0) is 14.9. The predicted octanol–water partition coefficient (Wildman–Crippen LogP) is 3.62. The zero-order valence-corrected chi connectivity index (χ0v) is 11.6. The van der Waals surface area contributed by atoms with E-state index in [2.05, 4.69) is 15.4 Å². The molecule has 1 N–H and O–H groups in total. The number of benzene rings is 1. The van der Waals surface area contributed by atoms with Crippen molar-refractivity contribution in [2.45, 2.75) is 12.7 Å². The monoisotopic (exact) mass is 312 g/mol. The van der Waals surface area contributed by atoms with Gasteiger partial charge in [0, 0.05) is 18.9 Å². The number of fused-ring (bicyclic) bond motifs is 1. The third-order valence-electron chi connectivity index (χ3n) is 2.89. The summed E-state index contributed by atoms with van der Waals surface area (Å²) in [6.45, 7) is 1.27. The van der Waals surface area contributed by atoms with E-state index in [-0.39, 0.29) is 0 Å². The molecule has 0 spiro atoms. The zero-order valence-electron chi connectivity index (χ0n) is 10.8. The lowest BCUT2D eigenvalue weighted by atomic mass is 10.2. The van der Waals surface area contributed by atoms with Gasteiger partial charge in [-0.2, -0.15) is 18.3 Å². The van der Waals surface area contributed by atoms with Crippen LogP contribution in [0.1, 0.15) is 5.56 Å². The van der Waals surface area contributed by atoms with Gasteiger partial charge in [-0.25, -0.2) is 4.98 Å². The topological polar surface area (TPSA) is 42.7 Å². The van der Waals surface area contributed by atoms with Crippen LogP contribution in [-0.2, 0) is 12.7 Å². The summed E-state index contributed by atoms with van der Waals surface area (Å²) in [5.74, 6) is 0. The molecular formula is C13H11F3N4S. The molecule has 0 aliphatic heterocycles. The molecule has 0 radical (unpaired) electrons. The van der Waals surface area contributed by atoms with Gasteiger partial charge in [-0.3, -0.25) is 4.68 Å². The number of nitrogens with zero attached hydrogens (tertiary/aromatic N) is 3. The second-order valence-electron chi connectivity index (χ2n) is 4.40. The van der Waals surface area contributed by atoms with Crippen molar-refractivity contribution >= 4 is 26.7 Å². The number of halogens is 3. The van der Waals surface area contributed by atoms with Gasteiger partial charge in [0.05, 0.1) is 22.3 Å². The average molecular weight is 312 g/mol. The molecule has 1 aromatic carbocycles. The first-order valence-electron chi connectivity index (χ1n) is 6.21. The van der Waals surface area contributed by atoms with Crippen molar-refractivity contribution in [2.24, 2.45) is 0 Å². The summed E-state index contributed by atoms with van der Waals surface area (Å²) >= 11 is 1.33. The molecule has 2 aromatic heterocycles. The Hall–Kier alpha value is -2.09. The van der Waals surface area contributed by atoms with E-state index < -0.39 is 11.7 Å². The molecule has 0 amide bonds. The number of alkyl halides is 3. The third-order valence-corrected chi connectivity index (χ3v) is 3.89. The average Bonchev–Trinajstić information content (AvgIpc) is 3.05. The third kappa shape index (κ3) is 3.15. The van der Waals surface area contributed by atoms with Crippen LogP contribution in [0.2, 0.25) is 0 Å². The normalized spacial score (nSPS) is 12.0. The fourth-order valence-electron chi connectivity index (χ4n) is 1.89. The Labute approximate surface area is 122 Å². The van der Waals surface area contributed by atoms with Gasteiger partial charge in [-0.05, 0) is 24.3 Å². The predicted molar refractivity (Wildman–Crippen MR) is 75.3 cm³/mol. The van der Waals surface area contributed by atoms with E-state index in [1.54, 1.807) is 10.9 Å². The van der Waals surface area contributed by atoms with Gasteiger partial charge in [0.15, 0.2) is 5.13 Å². The lowest BCUT2D eigenvalue weighted by molar-refractivity contribution is -0.137. The second kappa shape index (κ2) is 5.36. The Morgan fingerprint density at radius 3 is 2.86 bits per heavy atom. The van der Waals surface area contributed by atoms with Gasteiger partial charge in [-0.15, -0.1) is 0 Å². The quantitative estimate of drug-likeness (QED) is 0.800. The van der Waals surface area contributed by atoms with Crippen LogP contribution in [0.5, 0.6) is 0 Å². The molecule has 3 rings (SSSR count). The summed E-state index contributed by atoms with van der Waals surface area (Å²) in [5, 5.41) is 7.77. The highest BCUT2D eigenvalue weighted by Gasteiger charge is 2.30. The van der Waals surface area contributed by atoms with Gasteiger partial charge in [0.1, 0.15) is 0 Å². The van der Waals surface area contributed by atoms with Gasteiger partial charge in [-0.1, -0.05) is 11.3 Å². The Morgan fingerprint density at radius 2 is 2.14 bits per heavy atom. The highest BCUT2D eigenvalue weighted by molar-refractivity contribution is 7.22. The van der Waals surface area contributed by atoms with Crippen LogP contribution in [0.4, 0.5) is 18.3 Å². The van der Waals surface area contributed by atoms with Crippen LogP contribution in [0, 0.1) is 0 Å². The van der Waals surface area contributed by atoms with Crippen molar-refractivity contribution in [3.05, 3.63) is 42.2 Å². The smallest absolute Gasteiger partial charge is 0.360 e. The maximum absolute atomic E-state index is 12.6. The SMILES string of the molecule is FC(F)(F)c1ccc2sc(NCCn3cccn3)nc2c1.